The van der Waals surface area contributed by atoms with Gasteiger partial charge in [-0.2, -0.15) is 5.10 Å². The summed E-state index contributed by atoms with van der Waals surface area (Å²) < 4.78 is 13.4. The van der Waals surface area contributed by atoms with Gasteiger partial charge in [0.2, 0.25) is 0 Å². The van der Waals surface area contributed by atoms with Crippen molar-refractivity contribution in [2.24, 2.45) is 5.41 Å². The quantitative estimate of drug-likeness (QED) is 0.721. The summed E-state index contributed by atoms with van der Waals surface area (Å²) in [7, 11) is 0. The first-order valence-corrected chi connectivity index (χ1v) is 5.19. The predicted octanol–water partition coefficient (Wildman–Crippen LogP) is 2.18. The van der Waals surface area contributed by atoms with Crippen molar-refractivity contribution in [3.05, 3.63) is 11.5 Å². The number of hydrogen-bond donors (Lipinski definition) is 2. The van der Waals surface area contributed by atoms with Crippen LogP contribution in [0.2, 0.25) is 0 Å². The van der Waals surface area contributed by atoms with E-state index < -0.39 is 0 Å². The van der Waals surface area contributed by atoms with Crippen LogP contribution in [0, 0.1) is 11.2 Å². The maximum Gasteiger partial charge on any atom is 0.188 e. The smallest absolute Gasteiger partial charge is 0.188 e. The number of anilines is 1. The fourth-order valence-electron chi connectivity index (χ4n) is 2.90. The highest BCUT2D eigenvalue weighted by molar-refractivity contribution is 5.34. The van der Waals surface area contributed by atoms with E-state index >= 15 is 0 Å². The van der Waals surface area contributed by atoms with E-state index in [2.05, 4.69) is 10.2 Å². The molecule has 1 spiro atoms. The topological polar surface area (TPSA) is 54.7 Å². The number of nitrogens with zero attached hydrogens (tertiary/aromatic N) is 1. The summed E-state index contributed by atoms with van der Waals surface area (Å²) in [5, 5.41) is 6.40. The Hall–Kier alpha value is -1.06. The molecule has 2 saturated carbocycles. The van der Waals surface area contributed by atoms with E-state index in [0.717, 1.165) is 12.8 Å². The molecule has 14 heavy (non-hydrogen) atoms. The number of rotatable bonds is 1. The molecule has 1 aromatic heterocycles. The molecule has 2 fully saturated rings. The molecular weight excluding hydrogens is 181 g/mol. The number of H-pyrrole nitrogens is 1. The average Bonchev–Trinajstić information content (AvgIpc) is 2.30. The van der Waals surface area contributed by atoms with Crippen LogP contribution in [-0.2, 0) is 0 Å². The molecule has 0 aliphatic heterocycles. The van der Waals surface area contributed by atoms with Gasteiger partial charge in [0.15, 0.2) is 11.6 Å². The molecule has 0 unspecified atom stereocenters. The van der Waals surface area contributed by atoms with Gasteiger partial charge >= 0.3 is 0 Å². The molecule has 3 N–H and O–H groups in total. The maximum absolute atomic E-state index is 13.4. The van der Waals surface area contributed by atoms with E-state index in [1.165, 1.54) is 19.3 Å². The Kier molecular flexibility index (Phi) is 1.47. The molecule has 1 heterocycles. The van der Waals surface area contributed by atoms with Gasteiger partial charge in [-0.15, -0.1) is 0 Å². The van der Waals surface area contributed by atoms with Gasteiger partial charge < -0.3 is 5.73 Å². The molecule has 0 saturated heterocycles. The summed E-state index contributed by atoms with van der Waals surface area (Å²) in [6, 6.07) is 0. The summed E-state index contributed by atoms with van der Waals surface area (Å²) >= 11 is 0. The van der Waals surface area contributed by atoms with E-state index in [0.29, 0.717) is 17.0 Å². The number of aromatic amines is 1. The Morgan fingerprint density at radius 3 is 2.57 bits per heavy atom. The molecule has 0 atom stereocenters. The lowest BCUT2D eigenvalue weighted by Crippen LogP contribution is -2.41. The Morgan fingerprint density at radius 1 is 1.43 bits per heavy atom. The van der Waals surface area contributed by atoms with Crippen molar-refractivity contribution in [3.8, 4) is 0 Å². The predicted molar refractivity (Wildman–Crippen MR) is 51.2 cm³/mol. The third-order valence-electron chi connectivity index (χ3n) is 3.94. The van der Waals surface area contributed by atoms with Crippen LogP contribution in [0.4, 0.5) is 10.2 Å². The number of aromatic nitrogens is 2. The molecule has 0 bridgehead atoms. The Labute approximate surface area is 81.9 Å². The molecule has 2 aliphatic rings. The van der Waals surface area contributed by atoms with Crippen LogP contribution in [0.5, 0.6) is 0 Å². The zero-order chi connectivity index (χ0) is 9.76. The van der Waals surface area contributed by atoms with Crippen LogP contribution in [0.25, 0.3) is 0 Å². The van der Waals surface area contributed by atoms with Gasteiger partial charge in [0.25, 0.3) is 0 Å². The number of halogens is 1. The summed E-state index contributed by atoms with van der Waals surface area (Å²) in [5.74, 6) is 0.0128. The van der Waals surface area contributed by atoms with Crippen LogP contribution in [0.3, 0.4) is 0 Å². The molecule has 76 valence electrons. The molecule has 0 amide bonds. The molecule has 0 radical (unpaired) electrons. The third-order valence-corrected chi connectivity index (χ3v) is 3.94. The van der Waals surface area contributed by atoms with Gasteiger partial charge in [-0.1, -0.05) is 6.42 Å². The lowest BCUT2D eigenvalue weighted by Gasteiger charge is -2.54. The van der Waals surface area contributed by atoms with Gasteiger partial charge in [0, 0.05) is 5.92 Å². The zero-order valence-electron chi connectivity index (χ0n) is 8.02. The van der Waals surface area contributed by atoms with Crippen molar-refractivity contribution in [3.63, 3.8) is 0 Å². The number of nitrogens with one attached hydrogen (secondary N) is 1. The van der Waals surface area contributed by atoms with Gasteiger partial charge in [0.05, 0.1) is 5.69 Å². The molecule has 0 aromatic carbocycles. The first-order valence-electron chi connectivity index (χ1n) is 5.19. The molecular formula is C10H14FN3. The highest BCUT2D eigenvalue weighted by Gasteiger charge is 2.49. The van der Waals surface area contributed by atoms with Crippen molar-refractivity contribution >= 4 is 5.82 Å². The summed E-state index contributed by atoms with van der Waals surface area (Å²) in [4.78, 5) is 0. The van der Waals surface area contributed by atoms with Crippen molar-refractivity contribution in [2.75, 3.05) is 5.73 Å². The second-order valence-corrected chi connectivity index (χ2v) is 4.80. The monoisotopic (exact) mass is 195 g/mol. The highest BCUT2D eigenvalue weighted by atomic mass is 19.1. The standard InChI is InChI=1S/C10H14FN3/c11-7-8(13-14-9(7)12)6-4-10(5-6)2-1-3-10/h6H,1-5H2,(H3,12,13,14). The lowest BCUT2D eigenvalue weighted by atomic mass is 9.51. The van der Waals surface area contributed by atoms with E-state index in [9.17, 15) is 4.39 Å². The fraction of sp³-hybridized carbons (Fsp3) is 0.700. The molecule has 1 aromatic rings. The second-order valence-electron chi connectivity index (χ2n) is 4.80. The largest absolute Gasteiger partial charge is 0.380 e. The van der Waals surface area contributed by atoms with Crippen molar-refractivity contribution in [1.82, 2.24) is 10.2 Å². The van der Waals surface area contributed by atoms with Crippen LogP contribution in [0.1, 0.15) is 43.7 Å². The normalized spacial score (nSPS) is 24.6. The number of nitrogens with two attached hydrogens (primary N) is 1. The van der Waals surface area contributed by atoms with Crippen LogP contribution in [-0.4, -0.2) is 10.2 Å². The number of hydrogen-bond acceptors (Lipinski definition) is 2. The van der Waals surface area contributed by atoms with Gasteiger partial charge in [0.1, 0.15) is 0 Å². The summed E-state index contributed by atoms with van der Waals surface area (Å²) in [6.07, 6.45) is 6.24. The first kappa shape index (κ1) is 8.26. The van der Waals surface area contributed by atoms with E-state index in [1.54, 1.807) is 0 Å². The molecule has 2 aliphatic carbocycles. The lowest BCUT2D eigenvalue weighted by molar-refractivity contribution is 0.00651. The van der Waals surface area contributed by atoms with Gasteiger partial charge in [-0.25, -0.2) is 4.39 Å². The minimum absolute atomic E-state index is 0.00885. The Morgan fingerprint density at radius 2 is 2.14 bits per heavy atom. The average molecular weight is 195 g/mol. The highest BCUT2D eigenvalue weighted by Crippen LogP contribution is 2.61. The van der Waals surface area contributed by atoms with E-state index in [1.807, 2.05) is 0 Å². The molecule has 3 rings (SSSR count). The van der Waals surface area contributed by atoms with Gasteiger partial charge in [-0.3, -0.25) is 5.10 Å². The van der Waals surface area contributed by atoms with Crippen molar-refractivity contribution in [2.45, 2.75) is 38.0 Å². The maximum atomic E-state index is 13.4. The van der Waals surface area contributed by atoms with E-state index in [-0.39, 0.29) is 11.6 Å². The van der Waals surface area contributed by atoms with Crippen LogP contribution >= 0.6 is 0 Å². The Balaban J connectivity index is 1.76. The molecule has 4 heteroatoms. The summed E-state index contributed by atoms with van der Waals surface area (Å²) in [5.41, 5.74) is 6.55. The minimum Gasteiger partial charge on any atom is -0.380 e. The first-order chi connectivity index (χ1) is 6.70. The SMILES string of the molecule is Nc1n[nH]c(C2CC3(CCC3)C2)c1F. The zero-order valence-corrected chi connectivity index (χ0v) is 8.02. The number of nitrogen functional groups attached to an aromatic ring is 1. The van der Waals surface area contributed by atoms with Crippen molar-refractivity contribution < 1.29 is 4.39 Å². The fourth-order valence-corrected chi connectivity index (χ4v) is 2.90. The Bertz CT molecular complexity index is 359. The van der Waals surface area contributed by atoms with Crippen LogP contribution in [0.15, 0.2) is 0 Å². The van der Waals surface area contributed by atoms with Gasteiger partial charge in [-0.05, 0) is 31.1 Å². The van der Waals surface area contributed by atoms with Crippen molar-refractivity contribution in [1.29, 1.82) is 0 Å². The van der Waals surface area contributed by atoms with E-state index in [4.69, 9.17) is 5.73 Å². The van der Waals surface area contributed by atoms with Crippen LogP contribution < -0.4 is 5.73 Å². The summed E-state index contributed by atoms with van der Waals surface area (Å²) in [6.45, 7) is 0. The second kappa shape index (κ2) is 2.49. The third kappa shape index (κ3) is 0.938. The minimum atomic E-state index is -0.329. The molecule has 3 nitrogen and oxygen atoms in total.